The lowest BCUT2D eigenvalue weighted by Crippen LogP contribution is -2.12. The minimum Gasteiger partial charge on any atom is -0.507 e. The number of aryl methyl sites for hydroxylation is 2. The number of aromatic hydroxyl groups is 1. The van der Waals surface area contributed by atoms with Crippen LogP contribution in [0.3, 0.4) is 0 Å². The molecule has 0 spiro atoms. The number of carbonyl (C=O) groups excluding carboxylic acids is 2. The Morgan fingerprint density at radius 3 is 1.85 bits per heavy atom. The van der Waals surface area contributed by atoms with Crippen molar-refractivity contribution in [1.82, 2.24) is 0 Å². The summed E-state index contributed by atoms with van der Waals surface area (Å²) < 4.78 is 0. The second kappa shape index (κ2) is 7.23. The Labute approximate surface area is 152 Å². The standard InChI is InChI=1S/C22H19NO3/c1-14-12-19(13-15(2)20(14)24)23-22(26)18-10-8-17(9-11-18)21(25)16-6-4-3-5-7-16/h3-13,24H,1-2H3,(H,23,26). The molecule has 0 saturated carbocycles. The Morgan fingerprint density at radius 2 is 1.27 bits per heavy atom. The molecule has 0 radical (unpaired) electrons. The van der Waals surface area contributed by atoms with Gasteiger partial charge in [0, 0.05) is 22.4 Å². The minimum atomic E-state index is -0.270. The largest absolute Gasteiger partial charge is 0.507 e. The summed E-state index contributed by atoms with van der Waals surface area (Å²) in [4.78, 5) is 24.8. The summed E-state index contributed by atoms with van der Waals surface area (Å²) in [5, 5.41) is 12.6. The maximum Gasteiger partial charge on any atom is 0.255 e. The molecule has 1 amide bonds. The number of benzene rings is 3. The number of anilines is 1. The van der Waals surface area contributed by atoms with E-state index >= 15 is 0 Å². The van der Waals surface area contributed by atoms with Crippen molar-refractivity contribution >= 4 is 17.4 Å². The van der Waals surface area contributed by atoms with E-state index in [9.17, 15) is 14.7 Å². The van der Waals surface area contributed by atoms with Gasteiger partial charge in [-0.05, 0) is 49.2 Å². The molecule has 2 N–H and O–H groups in total. The fourth-order valence-electron chi connectivity index (χ4n) is 2.76. The highest BCUT2D eigenvalue weighted by atomic mass is 16.3. The molecule has 0 bridgehead atoms. The molecule has 0 fully saturated rings. The van der Waals surface area contributed by atoms with E-state index in [1.165, 1.54) is 0 Å². The van der Waals surface area contributed by atoms with Crippen LogP contribution in [0.1, 0.15) is 37.4 Å². The number of phenols is 1. The molecule has 130 valence electrons. The van der Waals surface area contributed by atoms with E-state index in [-0.39, 0.29) is 17.4 Å². The molecule has 0 aliphatic carbocycles. The molecular weight excluding hydrogens is 326 g/mol. The summed E-state index contributed by atoms with van der Waals surface area (Å²) in [5.74, 6) is -0.123. The van der Waals surface area contributed by atoms with E-state index in [1.807, 2.05) is 18.2 Å². The Hall–Kier alpha value is -3.40. The molecule has 0 aliphatic rings. The highest BCUT2D eigenvalue weighted by Crippen LogP contribution is 2.25. The summed E-state index contributed by atoms with van der Waals surface area (Å²) in [5.41, 5.74) is 3.61. The average molecular weight is 345 g/mol. The van der Waals surface area contributed by atoms with Crippen LogP contribution in [0.15, 0.2) is 66.7 Å². The zero-order chi connectivity index (χ0) is 18.7. The quantitative estimate of drug-likeness (QED) is 0.541. The molecule has 0 heterocycles. The Bertz CT molecular complexity index is 937. The van der Waals surface area contributed by atoms with Gasteiger partial charge in [0.15, 0.2) is 5.78 Å². The fourth-order valence-corrected chi connectivity index (χ4v) is 2.76. The van der Waals surface area contributed by atoms with Crippen molar-refractivity contribution in [2.45, 2.75) is 13.8 Å². The molecule has 0 unspecified atom stereocenters. The van der Waals surface area contributed by atoms with Gasteiger partial charge in [0.1, 0.15) is 5.75 Å². The van der Waals surface area contributed by atoms with Crippen molar-refractivity contribution in [1.29, 1.82) is 0 Å². The van der Waals surface area contributed by atoms with Crippen LogP contribution in [0.5, 0.6) is 5.75 Å². The molecule has 0 aliphatic heterocycles. The Balaban J connectivity index is 1.76. The number of phenolic OH excluding ortho intramolecular Hbond substituents is 1. The molecule has 3 rings (SSSR count). The topological polar surface area (TPSA) is 66.4 Å². The van der Waals surface area contributed by atoms with E-state index in [0.29, 0.717) is 33.5 Å². The summed E-state index contributed by atoms with van der Waals surface area (Å²) in [7, 11) is 0. The van der Waals surface area contributed by atoms with E-state index in [1.54, 1.807) is 62.4 Å². The molecular formula is C22H19NO3. The molecule has 4 heteroatoms. The summed E-state index contributed by atoms with van der Waals surface area (Å²) in [6, 6.07) is 19.0. The SMILES string of the molecule is Cc1cc(NC(=O)c2ccc(C(=O)c3ccccc3)cc2)cc(C)c1O. The van der Waals surface area contributed by atoms with Crippen LogP contribution < -0.4 is 5.32 Å². The van der Waals surface area contributed by atoms with Gasteiger partial charge in [-0.15, -0.1) is 0 Å². The number of nitrogens with one attached hydrogen (secondary N) is 1. The van der Waals surface area contributed by atoms with Crippen LogP contribution >= 0.6 is 0 Å². The van der Waals surface area contributed by atoms with Gasteiger partial charge in [-0.25, -0.2) is 0 Å². The smallest absolute Gasteiger partial charge is 0.255 e. The zero-order valence-electron chi connectivity index (χ0n) is 14.6. The lowest BCUT2D eigenvalue weighted by molar-refractivity contribution is 0.102. The van der Waals surface area contributed by atoms with Gasteiger partial charge in [-0.1, -0.05) is 42.5 Å². The third-order valence-electron chi connectivity index (χ3n) is 4.19. The van der Waals surface area contributed by atoms with Gasteiger partial charge in [0.05, 0.1) is 0 Å². The molecule has 26 heavy (non-hydrogen) atoms. The van der Waals surface area contributed by atoms with Crippen molar-refractivity contribution in [2.75, 3.05) is 5.32 Å². The molecule has 0 saturated heterocycles. The maximum atomic E-state index is 12.4. The second-order valence-electron chi connectivity index (χ2n) is 6.19. The molecule has 0 aromatic heterocycles. The monoisotopic (exact) mass is 345 g/mol. The van der Waals surface area contributed by atoms with Crippen LogP contribution in [0.25, 0.3) is 0 Å². The molecule has 3 aromatic carbocycles. The van der Waals surface area contributed by atoms with E-state index in [2.05, 4.69) is 5.32 Å². The number of hydrogen-bond donors (Lipinski definition) is 2. The van der Waals surface area contributed by atoms with Crippen LogP contribution in [0.2, 0.25) is 0 Å². The third-order valence-corrected chi connectivity index (χ3v) is 4.19. The van der Waals surface area contributed by atoms with Crippen molar-refractivity contribution in [3.8, 4) is 5.75 Å². The van der Waals surface area contributed by atoms with E-state index in [0.717, 1.165) is 0 Å². The van der Waals surface area contributed by atoms with Crippen molar-refractivity contribution in [3.63, 3.8) is 0 Å². The number of hydrogen-bond acceptors (Lipinski definition) is 3. The number of carbonyl (C=O) groups is 2. The fraction of sp³-hybridized carbons (Fsp3) is 0.0909. The van der Waals surface area contributed by atoms with Gasteiger partial charge < -0.3 is 10.4 Å². The van der Waals surface area contributed by atoms with Crippen molar-refractivity contribution in [3.05, 3.63) is 94.5 Å². The van der Waals surface area contributed by atoms with Gasteiger partial charge >= 0.3 is 0 Å². The normalized spacial score (nSPS) is 10.4. The van der Waals surface area contributed by atoms with E-state index < -0.39 is 0 Å². The highest BCUT2D eigenvalue weighted by Gasteiger charge is 2.12. The van der Waals surface area contributed by atoms with Gasteiger partial charge in [0.2, 0.25) is 0 Å². The zero-order valence-corrected chi connectivity index (χ0v) is 14.6. The average Bonchev–Trinajstić information content (AvgIpc) is 2.66. The maximum absolute atomic E-state index is 12.4. The molecule has 3 aromatic rings. The van der Waals surface area contributed by atoms with E-state index in [4.69, 9.17) is 0 Å². The number of rotatable bonds is 4. The molecule has 0 atom stereocenters. The summed E-state index contributed by atoms with van der Waals surface area (Å²) >= 11 is 0. The predicted molar refractivity (Wildman–Crippen MR) is 102 cm³/mol. The molecule has 4 nitrogen and oxygen atoms in total. The first-order chi connectivity index (χ1) is 12.5. The van der Waals surface area contributed by atoms with Crippen molar-refractivity contribution in [2.24, 2.45) is 0 Å². The number of amides is 1. The first kappa shape index (κ1) is 17.4. The highest BCUT2D eigenvalue weighted by molar-refractivity contribution is 6.10. The van der Waals surface area contributed by atoms with Crippen molar-refractivity contribution < 1.29 is 14.7 Å². The lowest BCUT2D eigenvalue weighted by atomic mass is 10.0. The predicted octanol–water partition coefficient (Wildman–Crippen LogP) is 4.49. The lowest BCUT2D eigenvalue weighted by Gasteiger charge is -2.10. The van der Waals surface area contributed by atoms with Crippen LogP contribution in [0.4, 0.5) is 5.69 Å². The summed E-state index contributed by atoms with van der Waals surface area (Å²) in [6.07, 6.45) is 0. The van der Waals surface area contributed by atoms with Gasteiger partial charge in [-0.2, -0.15) is 0 Å². The second-order valence-corrected chi connectivity index (χ2v) is 6.19. The summed E-state index contributed by atoms with van der Waals surface area (Å²) in [6.45, 7) is 3.56. The van der Waals surface area contributed by atoms with Crippen LogP contribution in [0, 0.1) is 13.8 Å². The first-order valence-electron chi connectivity index (χ1n) is 8.27. The third kappa shape index (κ3) is 3.64. The Kier molecular flexibility index (Phi) is 4.85. The minimum absolute atomic E-state index is 0.0812. The van der Waals surface area contributed by atoms with Gasteiger partial charge in [0.25, 0.3) is 5.91 Å². The first-order valence-corrected chi connectivity index (χ1v) is 8.27. The Morgan fingerprint density at radius 1 is 0.769 bits per heavy atom. The van der Waals surface area contributed by atoms with Gasteiger partial charge in [-0.3, -0.25) is 9.59 Å². The number of ketones is 1. The van der Waals surface area contributed by atoms with Crippen LogP contribution in [-0.2, 0) is 0 Å². The van der Waals surface area contributed by atoms with Crippen LogP contribution in [-0.4, -0.2) is 16.8 Å².